The molecular formula is C20H25N7O. The van der Waals surface area contributed by atoms with Crippen LogP contribution in [0.3, 0.4) is 0 Å². The summed E-state index contributed by atoms with van der Waals surface area (Å²) in [4.78, 5) is 25.3. The first kappa shape index (κ1) is 18.2. The van der Waals surface area contributed by atoms with Crippen molar-refractivity contribution in [3.05, 3.63) is 47.9 Å². The molecule has 2 aromatic heterocycles. The standard InChI is InChI=1S/C20H25N7O/c1-13-9-23-18-17(13)19(26-12-25-18)27-7-6-20(22,11-27)10-24-15-4-2-14(3-5-15)8-16(21)28/h2-5,9,12,24H,6-8,10-11,22H2,1H3,(H2,21,28)(H,23,25,26). The summed E-state index contributed by atoms with van der Waals surface area (Å²) in [6.07, 6.45) is 4.67. The predicted molar refractivity (Wildman–Crippen MR) is 110 cm³/mol. The van der Waals surface area contributed by atoms with Crippen molar-refractivity contribution in [1.29, 1.82) is 0 Å². The number of primary amides is 1. The molecule has 146 valence electrons. The van der Waals surface area contributed by atoms with Gasteiger partial charge in [0, 0.05) is 31.5 Å². The molecule has 1 amide bonds. The third-order valence-corrected chi connectivity index (χ3v) is 5.31. The van der Waals surface area contributed by atoms with Gasteiger partial charge in [-0.1, -0.05) is 12.1 Å². The molecule has 28 heavy (non-hydrogen) atoms. The van der Waals surface area contributed by atoms with E-state index >= 15 is 0 Å². The van der Waals surface area contributed by atoms with E-state index in [-0.39, 0.29) is 17.9 Å². The van der Waals surface area contributed by atoms with Crippen molar-refractivity contribution in [2.24, 2.45) is 11.5 Å². The third-order valence-electron chi connectivity index (χ3n) is 5.31. The number of aromatic nitrogens is 3. The maximum absolute atomic E-state index is 11.0. The molecule has 1 aliphatic rings. The second-order valence-corrected chi connectivity index (χ2v) is 7.62. The van der Waals surface area contributed by atoms with Gasteiger partial charge in [-0.25, -0.2) is 9.97 Å². The maximum atomic E-state index is 11.0. The minimum absolute atomic E-state index is 0.252. The summed E-state index contributed by atoms with van der Waals surface area (Å²) in [5.41, 5.74) is 15.4. The zero-order valence-electron chi connectivity index (χ0n) is 15.9. The van der Waals surface area contributed by atoms with Gasteiger partial charge in [0.25, 0.3) is 0 Å². The molecule has 1 atom stereocenters. The molecule has 0 aliphatic carbocycles. The molecule has 1 unspecified atom stereocenters. The minimum atomic E-state index is -0.354. The Morgan fingerprint density at radius 3 is 2.86 bits per heavy atom. The molecule has 0 spiro atoms. The maximum Gasteiger partial charge on any atom is 0.221 e. The lowest BCUT2D eigenvalue weighted by Gasteiger charge is -2.26. The van der Waals surface area contributed by atoms with Crippen LogP contribution in [-0.2, 0) is 11.2 Å². The smallest absolute Gasteiger partial charge is 0.221 e. The summed E-state index contributed by atoms with van der Waals surface area (Å²) >= 11 is 0. The van der Waals surface area contributed by atoms with Gasteiger partial charge in [-0.3, -0.25) is 4.79 Å². The van der Waals surface area contributed by atoms with Gasteiger partial charge < -0.3 is 26.7 Å². The van der Waals surface area contributed by atoms with Crippen LogP contribution < -0.4 is 21.7 Å². The number of H-pyrrole nitrogens is 1. The van der Waals surface area contributed by atoms with E-state index < -0.39 is 0 Å². The number of benzene rings is 1. The number of nitrogens with one attached hydrogen (secondary N) is 2. The molecule has 1 aliphatic heterocycles. The first-order valence-electron chi connectivity index (χ1n) is 9.37. The van der Waals surface area contributed by atoms with E-state index in [1.807, 2.05) is 30.5 Å². The fourth-order valence-electron chi connectivity index (χ4n) is 3.78. The van der Waals surface area contributed by atoms with Crippen LogP contribution in [0.25, 0.3) is 11.0 Å². The van der Waals surface area contributed by atoms with Crippen LogP contribution in [0.15, 0.2) is 36.8 Å². The van der Waals surface area contributed by atoms with Gasteiger partial charge in [-0.2, -0.15) is 0 Å². The number of aromatic amines is 1. The summed E-state index contributed by atoms with van der Waals surface area (Å²) in [5.74, 6) is 0.607. The van der Waals surface area contributed by atoms with Crippen LogP contribution in [0.1, 0.15) is 17.5 Å². The Labute approximate surface area is 163 Å². The van der Waals surface area contributed by atoms with Crippen LogP contribution in [0, 0.1) is 6.92 Å². The quantitative estimate of drug-likeness (QED) is 0.512. The predicted octanol–water partition coefficient (Wildman–Crippen LogP) is 1.31. The number of hydrogen-bond donors (Lipinski definition) is 4. The average Bonchev–Trinajstić information content (AvgIpc) is 3.25. The van der Waals surface area contributed by atoms with Gasteiger partial charge >= 0.3 is 0 Å². The Hall–Kier alpha value is -3.13. The fraction of sp³-hybridized carbons (Fsp3) is 0.350. The van der Waals surface area contributed by atoms with Crippen LogP contribution in [0.5, 0.6) is 0 Å². The SMILES string of the molecule is Cc1c[nH]c2ncnc(N3CCC(N)(CNc4ccc(CC(N)=O)cc4)C3)c12. The molecule has 0 bridgehead atoms. The van der Waals surface area contributed by atoms with E-state index in [1.165, 1.54) is 0 Å². The highest BCUT2D eigenvalue weighted by atomic mass is 16.1. The summed E-state index contributed by atoms with van der Waals surface area (Å²) in [6, 6.07) is 7.71. The molecule has 3 heterocycles. The molecule has 4 rings (SSSR count). The van der Waals surface area contributed by atoms with E-state index in [0.29, 0.717) is 6.54 Å². The summed E-state index contributed by atoms with van der Waals surface area (Å²) in [7, 11) is 0. The number of nitrogens with two attached hydrogens (primary N) is 2. The number of nitrogens with zero attached hydrogens (tertiary/aromatic N) is 3. The van der Waals surface area contributed by atoms with E-state index in [4.69, 9.17) is 11.5 Å². The van der Waals surface area contributed by atoms with Crippen molar-refractivity contribution in [3.8, 4) is 0 Å². The van der Waals surface area contributed by atoms with Crippen LogP contribution in [-0.4, -0.2) is 46.0 Å². The second-order valence-electron chi connectivity index (χ2n) is 7.62. The first-order valence-corrected chi connectivity index (χ1v) is 9.37. The van der Waals surface area contributed by atoms with Crippen molar-refractivity contribution < 1.29 is 4.79 Å². The molecule has 1 aromatic carbocycles. The topological polar surface area (TPSA) is 126 Å². The Balaban J connectivity index is 1.42. The summed E-state index contributed by atoms with van der Waals surface area (Å²) < 4.78 is 0. The highest BCUT2D eigenvalue weighted by Gasteiger charge is 2.35. The highest BCUT2D eigenvalue weighted by molar-refractivity contribution is 5.90. The molecule has 3 aromatic rings. The monoisotopic (exact) mass is 379 g/mol. The fourth-order valence-corrected chi connectivity index (χ4v) is 3.78. The Morgan fingerprint density at radius 1 is 1.32 bits per heavy atom. The number of carbonyl (C=O) groups excluding carboxylic acids is 1. The molecule has 0 saturated carbocycles. The second kappa shape index (κ2) is 7.12. The van der Waals surface area contributed by atoms with E-state index in [9.17, 15) is 4.79 Å². The molecule has 8 heteroatoms. The van der Waals surface area contributed by atoms with Crippen LogP contribution >= 0.6 is 0 Å². The Bertz CT molecular complexity index is 997. The molecule has 1 fully saturated rings. The van der Waals surface area contributed by atoms with Crippen molar-refractivity contribution >= 4 is 28.4 Å². The van der Waals surface area contributed by atoms with Gasteiger partial charge in [-0.05, 0) is 36.6 Å². The number of carbonyl (C=O) groups is 1. The first-order chi connectivity index (χ1) is 13.4. The van der Waals surface area contributed by atoms with Gasteiger partial charge in [0.2, 0.25) is 5.91 Å². The van der Waals surface area contributed by atoms with Gasteiger partial charge in [0.1, 0.15) is 17.8 Å². The summed E-state index contributed by atoms with van der Waals surface area (Å²) in [5, 5.41) is 4.48. The number of amides is 1. The zero-order chi connectivity index (χ0) is 19.7. The third kappa shape index (κ3) is 3.63. The number of fused-ring (bicyclic) bond motifs is 1. The average molecular weight is 379 g/mol. The largest absolute Gasteiger partial charge is 0.383 e. The number of anilines is 2. The Kier molecular flexibility index (Phi) is 4.64. The normalized spacial score (nSPS) is 19.3. The van der Waals surface area contributed by atoms with Crippen molar-refractivity contribution in [2.45, 2.75) is 25.3 Å². The lowest BCUT2D eigenvalue weighted by Crippen LogP contribution is -2.48. The Morgan fingerprint density at radius 2 is 2.11 bits per heavy atom. The van der Waals surface area contributed by atoms with Crippen molar-refractivity contribution in [2.75, 3.05) is 29.9 Å². The number of hydrogen-bond acceptors (Lipinski definition) is 6. The molecular weight excluding hydrogens is 354 g/mol. The number of rotatable bonds is 6. The van der Waals surface area contributed by atoms with Crippen LogP contribution in [0.2, 0.25) is 0 Å². The molecule has 6 N–H and O–H groups in total. The zero-order valence-corrected chi connectivity index (χ0v) is 15.9. The number of aryl methyl sites for hydroxylation is 1. The summed E-state index contributed by atoms with van der Waals surface area (Å²) in [6.45, 7) is 4.28. The van der Waals surface area contributed by atoms with Crippen LogP contribution in [0.4, 0.5) is 11.5 Å². The van der Waals surface area contributed by atoms with E-state index in [1.54, 1.807) is 6.33 Å². The molecule has 8 nitrogen and oxygen atoms in total. The van der Waals surface area contributed by atoms with Gasteiger partial charge in [-0.15, -0.1) is 0 Å². The lowest BCUT2D eigenvalue weighted by atomic mass is 10.00. The van der Waals surface area contributed by atoms with Crippen molar-refractivity contribution in [3.63, 3.8) is 0 Å². The van der Waals surface area contributed by atoms with Gasteiger partial charge in [0.05, 0.1) is 17.3 Å². The van der Waals surface area contributed by atoms with E-state index in [2.05, 4.69) is 32.1 Å². The minimum Gasteiger partial charge on any atom is -0.383 e. The van der Waals surface area contributed by atoms with Crippen molar-refractivity contribution in [1.82, 2.24) is 15.0 Å². The lowest BCUT2D eigenvalue weighted by molar-refractivity contribution is -0.117. The van der Waals surface area contributed by atoms with Gasteiger partial charge in [0.15, 0.2) is 0 Å². The highest BCUT2D eigenvalue weighted by Crippen LogP contribution is 2.30. The molecule has 1 saturated heterocycles. The van der Waals surface area contributed by atoms with E-state index in [0.717, 1.165) is 53.2 Å². The molecule has 0 radical (unpaired) electrons.